The number of hydrogen-bond donors (Lipinski definition) is 1. The van der Waals surface area contributed by atoms with E-state index in [1.165, 1.54) is 18.3 Å². The third kappa shape index (κ3) is 3.31. The van der Waals surface area contributed by atoms with E-state index in [9.17, 15) is 19.3 Å². The van der Waals surface area contributed by atoms with Gasteiger partial charge in [0, 0.05) is 22.8 Å². The number of carboxylic acid groups (broad SMARTS) is 1. The molecule has 2 rings (SSSR count). The summed E-state index contributed by atoms with van der Waals surface area (Å²) in [6.07, 6.45) is 1.28. The predicted molar refractivity (Wildman–Crippen MR) is 72.0 cm³/mol. The number of nitro groups is 1. The Balaban J connectivity index is 2.37. The van der Waals surface area contributed by atoms with Crippen molar-refractivity contribution in [2.24, 2.45) is 0 Å². The van der Waals surface area contributed by atoms with Crippen molar-refractivity contribution in [2.45, 2.75) is 0 Å². The molecule has 0 atom stereocenters. The van der Waals surface area contributed by atoms with Crippen LogP contribution in [0.15, 0.2) is 34.9 Å². The highest BCUT2D eigenvalue weighted by Gasteiger charge is 2.19. The minimum absolute atomic E-state index is 0.101. The number of nitrogens with zero attached hydrogens (tertiary/aromatic N) is 2. The van der Waals surface area contributed by atoms with Crippen molar-refractivity contribution in [1.82, 2.24) is 4.98 Å². The molecule has 0 unspecified atom stereocenters. The average molecular weight is 357 g/mol. The largest absolute Gasteiger partial charge is 0.478 e. The minimum atomic E-state index is -1.42. The van der Waals surface area contributed by atoms with Crippen molar-refractivity contribution in [3.8, 4) is 11.6 Å². The third-order valence-electron chi connectivity index (χ3n) is 2.38. The topological polar surface area (TPSA) is 103 Å². The van der Waals surface area contributed by atoms with Gasteiger partial charge in [0.05, 0.1) is 10.5 Å². The van der Waals surface area contributed by atoms with E-state index >= 15 is 0 Å². The first kappa shape index (κ1) is 14.9. The lowest BCUT2D eigenvalue weighted by Gasteiger charge is -2.06. The Kier molecular flexibility index (Phi) is 4.13. The summed E-state index contributed by atoms with van der Waals surface area (Å²) >= 11 is 3.04. The highest BCUT2D eigenvalue weighted by Crippen LogP contribution is 2.31. The molecule has 1 aromatic carbocycles. The van der Waals surface area contributed by atoms with Gasteiger partial charge in [-0.15, -0.1) is 0 Å². The Bertz CT molecular complexity index is 738. The first-order valence-electron chi connectivity index (χ1n) is 5.39. The van der Waals surface area contributed by atoms with Crippen molar-refractivity contribution in [1.29, 1.82) is 0 Å². The molecular formula is C12H6BrFN2O5. The van der Waals surface area contributed by atoms with E-state index in [-0.39, 0.29) is 11.6 Å². The highest BCUT2D eigenvalue weighted by molar-refractivity contribution is 9.10. The van der Waals surface area contributed by atoms with Crippen molar-refractivity contribution in [3.63, 3.8) is 0 Å². The zero-order valence-corrected chi connectivity index (χ0v) is 11.7. The number of aromatic carboxylic acids is 1. The van der Waals surface area contributed by atoms with Crippen LogP contribution in [0.2, 0.25) is 0 Å². The van der Waals surface area contributed by atoms with Gasteiger partial charge in [-0.25, -0.2) is 14.2 Å². The van der Waals surface area contributed by atoms with E-state index in [0.717, 1.165) is 12.1 Å². The first-order chi connectivity index (χ1) is 9.88. The van der Waals surface area contributed by atoms with E-state index in [1.54, 1.807) is 0 Å². The van der Waals surface area contributed by atoms with Gasteiger partial charge in [0.1, 0.15) is 11.6 Å². The van der Waals surface area contributed by atoms with Gasteiger partial charge < -0.3 is 9.84 Å². The molecule has 0 radical (unpaired) electrons. The number of halogens is 2. The Hall–Kier alpha value is -2.55. The second-order valence-electron chi connectivity index (χ2n) is 3.78. The van der Waals surface area contributed by atoms with Crippen LogP contribution in [-0.4, -0.2) is 21.0 Å². The second kappa shape index (κ2) is 5.83. The van der Waals surface area contributed by atoms with Crippen LogP contribution in [0.4, 0.5) is 10.1 Å². The maximum absolute atomic E-state index is 13.5. The minimum Gasteiger partial charge on any atom is -0.478 e. The predicted octanol–water partition coefficient (Wildman–Crippen LogP) is 3.38. The van der Waals surface area contributed by atoms with Crippen LogP contribution in [0.5, 0.6) is 11.6 Å². The lowest BCUT2D eigenvalue weighted by atomic mass is 10.2. The maximum atomic E-state index is 13.5. The van der Waals surface area contributed by atoms with Gasteiger partial charge in [-0.05, 0) is 28.1 Å². The second-order valence-corrected chi connectivity index (χ2v) is 4.70. The molecule has 0 aliphatic rings. The Morgan fingerprint density at radius 1 is 1.43 bits per heavy atom. The lowest BCUT2D eigenvalue weighted by Crippen LogP contribution is -2.01. The van der Waals surface area contributed by atoms with Crippen LogP contribution in [0, 0.1) is 15.9 Å². The molecule has 108 valence electrons. The average Bonchev–Trinajstić information content (AvgIpc) is 2.40. The zero-order chi connectivity index (χ0) is 15.6. The number of hydrogen-bond acceptors (Lipinski definition) is 5. The molecule has 0 spiro atoms. The number of rotatable bonds is 4. The fourth-order valence-electron chi connectivity index (χ4n) is 1.47. The van der Waals surface area contributed by atoms with Crippen LogP contribution in [0.3, 0.4) is 0 Å². The summed E-state index contributed by atoms with van der Waals surface area (Å²) in [5, 5.41) is 19.6. The summed E-state index contributed by atoms with van der Waals surface area (Å²) < 4.78 is 19.0. The number of carbonyl (C=O) groups is 1. The van der Waals surface area contributed by atoms with Gasteiger partial charge in [0.15, 0.2) is 0 Å². The first-order valence-corrected chi connectivity index (χ1v) is 6.18. The van der Waals surface area contributed by atoms with Gasteiger partial charge in [0.2, 0.25) is 0 Å². The molecule has 0 fully saturated rings. The summed E-state index contributed by atoms with van der Waals surface area (Å²) in [5.41, 5.74) is -0.937. The molecule has 0 saturated heterocycles. The van der Waals surface area contributed by atoms with E-state index in [4.69, 9.17) is 9.84 Å². The molecule has 0 bridgehead atoms. The number of benzene rings is 1. The van der Waals surface area contributed by atoms with Gasteiger partial charge in [0.25, 0.3) is 5.88 Å². The fraction of sp³-hybridized carbons (Fsp3) is 0. The maximum Gasteiger partial charge on any atom is 0.338 e. The third-order valence-corrected chi connectivity index (χ3v) is 2.81. The normalized spacial score (nSPS) is 10.2. The van der Waals surface area contributed by atoms with Gasteiger partial charge in [-0.1, -0.05) is 0 Å². The zero-order valence-electron chi connectivity index (χ0n) is 10.1. The van der Waals surface area contributed by atoms with Crippen molar-refractivity contribution >= 4 is 27.6 Å². The van der Waals surface area contributed by atoms with Gasteiger partial charge >= 0.3 is 11.7 Å². The number of carboxylic acids is 1. The molecule has 7 nitrogen and oxygen atoms in total. The summed E-state index contributed by atoms with van der Waals surface area (Å²) in [4.78, 5) is 24.6. The van der Waals surface area contributed by atoms with E-state index in [1.807, 2.05) is 0 Å². The smallest absolute Gasteiger partial charge is 0.338 e. The van der Waals surface area contributed by atoms with Gasteiger partial charge in [-0.3, -0.25) is 10.1 Å². The summed E-state index contributed by atoms with van der Waals surface area (Å²) in [6, 6.07) is 4.18. The lowest BCUT2D eigenvalue weighted by molar-refractivity contribution is -0.386. The van der Waals surface area contributed by atoms with Crippen molar-refractivity contribution < 1.29 is 24.0 Å². The molecule has 1 aromatic heterocycles. The van der Waals surface area contributed by atoms with Crippen LogP contribution in [0.25, 0.3) is 0 Å². The number of aromatic nitrogens is 1. The van der Waals surface area contributed by atoms with E-state index in [2.05, 4.69) is 20.9 Å². The molecule has 2 aromatic rings. The van der Waals surface area contributed by atoms with Crippen LogP contribution >= 0.6 is 15.9 Å². The van der Waals surface area contributed by atoms with Crippen LogP contribution < -0.4 is 4.74 Å². The molecule has 0 aliphatic heterocycles. The van der Waals surface area contributed by atoms with Crippen molar-refractivity contribution in [3.05, 3.63) is 56.4 Å². The molecule has 0 saturated carbocycles. The Morgan fingerprint density at radius 2 is 2.14 bits per heavy atom. The molecule has 0 aliphatic carbocycles. The summed E-state index contributed by atoms with van der Waals surface area (Å²) in [5.74, 6) is -2.87. The summed E-state index contributed by atoms with van der Waals surface area (Å²) in [7, 11) is 0. The highest BCUT2D eigenvalue weighted by atomic mass is 79.9. The Morgan fingerprint density at radius 3 is 2.71 bits per heavy atom. The van der Waals surface area contributed by atoms with Crippen LogP contribution in [-0.2, 0) is 0 Å². The SMILES string of the molecule is O=C(O)c1ccc(Oc2ncc(Br)cc2[N+](=O)[O-])cc1F. The molecular weight excluding hydrogens is 351 g/mol. The molecule has 9 heteroatoms. The molecule has 21 heavy (non-hydrogen) atoms. The van der Waals surface area contributed by atoms with Crippen molar-refractivity contribution in [2.75, 3.05) is 0 Å². The summed E-state index contributed by atoms with van der Waals surface area (Å²) in [6.45, 7) is 0. The molecule has 1 N–H and O–H groups in total. The van der Waals surface area contributed by atoms with Crippen LogP contribution in [0.1, 0.15) is 10.4 Å². The van der Waals surface area contributed by atoms with Gasteiger partial charge in [-0.2, -0.15) is 0 Å². The monoisotopic (exact) mass is 356 g/mol. The number of ether oxygens (including phenoxy) is 1. The Labute approximate surface area is 125 Å². The molecule has 1 heterocycles. The quantitative estimate of drug-likeness (QED) is 0.665. The molecule has 0 amide bonds. The standard InChI is InChI=1S/C12H6BrFN2O5/c13-6-3-10(16(19)20)11(15-5-6)21-7-1-2-8(12(17)18)9(14)4-7/h1-5H,(H,17,18). The number of pyridine rings is 1. The van der Waals surface area contributed by atoms with E-state index < -0.39 is 28.0 Å². The fourth-order valence-corrected chi connectivity index (χ4v) is 1.79. The van der Waals surface area contributed by atoms with E-state index in [0.29, 0.717) is 4.47 Å².